The van der Waals surface area contributed by atoms with E-state index in [9.17, 15) is 0 Å². The van der Waals surface area contributed by atoms with Crippen molar-refractivity contribution in [3.8, 4) is 56.2 Å². The van der Waals surface area contributed by atoms with E-state index < -0.39 is 0 Å². The molecule has 0 saturated heterocycles. The molecule has 328 valence electrons. The summed E-state index contributed by atoms with van der Waals surface area (Å²) < 4.78 is 0. The topological polar surface area (TPSA) is 41.9 Å². The van der Waals surface area contributed by atoms with E-state index in [1.54, 1.807) is 0 Å². The van der Waals surface area contributed by atoms with Crippen LogP contribution in [-0.2, 0) is 0 Å². The first kappa shape index (κ1) is 43.7. The Hall–Kier alpha value is -8.15. The van der Waals surface area contributed by atoms with Gasteiger partial charge in [0.25, 0.3) is 0 Å². The maximum absolute atomic E-state index is 5.49. The van der Waals surface area contributed by atoms with E-state index in [0.717, 1.165) is 55.9 Å². The molecule has 0 amide bonds. The second-order valence-corrected chi connectivity index (χ2v) is 18.0. The molecule has 4 nitrogen and oxygen atoms in total. The van der Waals surface area contributed by atoms with Crippen molar-refractivity contribution in [3.63, 3.8) is 0 Å². The lowest BCUT2D eigenvalue weighted by molar-refractivity contribution is 1.02. The number of hydrogen-bond donors (Lipinski definition) is 0. The fourth-order valence-electron chi connectivity index (χ4n) is 10.2. The highest BCUT2D eigenvalue weighted by molar-refractivity contribution is 6.96. The van der Waals surface area contributed by atoms with Crippen LogP contribution in [0.25, 0.3) is 56.2 Å². The molecule has 9 aromatic carbocycles. The Morgan fingerprint density at radius 2 is 0.750 bits per heavy atom. The number of aryl methyl sites for hydroxylation is 6. The highest BCUT2D eigenvalue weighted by atomic mass is 15.3. The molecular formula is C63H53BN4. The third-order valence-electron chi connectivity index (χ3n) is 13.1. The predicted molar refractivity (Wildman–Crippen MR) is 288 cm³/mol. The molecule has 0 unspecified atom stereocenters. The second kappa shape index (κ2) is 19.0. The zero-order valence-electron chi connectivity index (χ0n) is 39.6. The van der Waals surface area contributed by atoms with Crippen LogP contribution in [-0.4, -0.2) is 21.7 Å². The number of benzene rings is 9. The summed E-state index contributed by atoms with van der Waals surface area (Å²) in [6, 6.07) is 75.4. The first-order chi connectivity index (χ1) is 33.2. The van der Waals surface area contributed by atoms with Crippen LogP contribution in [0.15, 0.2) is 212 Å². The van der Waals surface area contributed by atoms with Gasteiger partial charge in [0.1, 0.15) is 0 Å². The van der Waals surface area contributed by atoms with Gasteiger partial charge in [0, 0.05) is 22.4 Å². The minimum absolute atomic E-state index is 0.0269. The van der Waals surface area contributed by atoms with Crippen LogP contribution in [0.2, 0.25) is 0 Å². The average Bonchev–Trinajstić information content (AvgIpc) is 3.36. The molecule has 1 heterocycles. The maximum Gasteiger partial charge on any atom is 0.242 e. The Morgan fingerprint density at radius 3 is 1.29 bits per heavy atom. The average molecular weight is 877 g/mol. The Labute approximate surface area is 401 Å². The van der Waals surface area contributed by atoms with Crippen molar-refractivity contribution in [1.29, 1.82) is 0 Å². The second-order valence-electron chi connectivity index (χ2n) is 18.0. The Kier molecular flexibility index (Phi) is 12.2. The summed E-state index contributed by atoms with van der Waals surface area (Å²) in [5.74, 6) is 1.69. The molecule has 1 aromatic heterocycles. The van der Waals surface area contributed by atoms with Gasteiger partial charge >= 0.3 is 0 Å². The molecule has 0 atom stereocenters. The van der Waals surface area contributed by atoms with Crippen molar-refractivity contribution in [2.24, 2.45) is 0 Å². The fraction of sp³-hybridized carbons (Fsp3) is 0.0952. The standard InChI is InChI=1S/C63H53BN4/c1-42-38-44(3)59(45(4)39-42)64(60-46(5)40-43(2)41-47(60)6)53-34-36-54(37-35-53)68(58-29-19-18-27-56(58)51-24-14-9-15-25-51)63-66-61(52-32-30-49(31-33-52)48-20-10-7-11-21-48)65-62(67-63)57-28-17-16-26-55(57)50-22-12-8-13-23-50/h7-41H,1-6H3. The van der Waals surface area contributed by atoms with E-state index >= 15 is 0 Å². The van der Waals surface area contributed by atoms with Gasteiger partial charge in [-0.2, -0.15) is 9.97 Å². The molecule has 0 aliphatic heterocycles. The van der Waals surface area contributed by atoms with Crippen molar-refractivity contribution in [2.75, 3.05) is 4.90 Å². The number of rotatable bonds is 11. The molecule has 0 fully saturated rings. The van der Waals surface area contributed by atoms with Crippen molar-refractivity contribution in [2.45, 2.75) is 41.5 Å². The molecule has 0 bridgehead atoms. The number of hydrogen-bond acceptors (Lipinski definition) is 4. The van der Waals surface area contributed by atoms with Crippen LogP contribution >= 0.6 is 0 Å². The first-order valence-corrected chi connectivity index (χ1v) is 23.5. The SMILES string of the molecule is Cc1cc(C)c(B(c2ccc(N(c3nc(-c4ccc(-c5ccccc5)cc4)nc(-c4ccccc4-c4ccccc4)n3)c3ccccc3-c3ccccc3)cc2)c2c(C)cc(C)cc2C)c(C)c1. The summed E-state index contributed by atoms with van der Waals surface area (Å²) in [5.41, 5.74) is 22.0. The summed E-state index contributed by atoms with van der Waals surface area (Å²) in [6.45, 7) is 13.5. The van der Waals surface area contributed by atoms with E-state index in [1.807, 2.05) is 12.1 Å². The van der Waals surface area contributed by atoms with Crippen LogP contribution in [0.5, 0.6) is 0 Å². The normalized spacial score (nSPS) is 11.1. The van der Waals surface area contributed by atoms with Gasteiger partial charge in [-0.3, -0.25) is 4.90 Å². The molecule has 0 radical (unpaired) electrons. The molecule has 0 aliphatic rings. The van der Waals surface area contributed by atoms with Crippen LogP contribution in [0.1, 0.15) is 33.4 Å². The monoisotopic (exact) mass is 876 g/mol. The van der Waals surface area contributed by atoms with Gasteiger partial charge in [-0.05, 0) is 87.6 Å². The summed E-state index contributed by atoms with van der Waals surface area (Å²) in [7, 11) is 0. The van der Waals surface area contributed by atoms with Gasteiger partial charge in [0.15, 0.2) is 11.6 Å². The zero-order chi connectivity index (χ0) is 46.7. The number of aromatic nitrogens is 3. The van der Waals surface area contributed by atoms with Crippen molar-refractivity contribution < 1.29 is 0 Å². The number of para-hydroxylation sites is 1. The Morgan fingerprint density at radius 1 is 0.338 bits per heavy atom. The minimum atomic E-state index is 0.0269. The van der Waals surface area contributed by atoms with Crippen LogP contribution in [0.4, 0.5) is 17.3 Å². The molecular weight excluding hydrogens is 824 g/mol. The highest BCUT2D eigenvalue weighted by Crippen LogP contribution is 2.41. The van der Waals surface area contributed by atoms with E-state index in [1.165, 1.54) is 49.8 Å². The molecule has 68 heavy (non-hydrogen) atoms. The van der Waals surface area contributed by atoms with Crippen LogP contribution in [0.3, 0.4) is 0 Å². The van der Waals surface area contributed by atoms with Crippen molar-refractivity contribution in [1.82, 2.24) is 15.0 Å². The third-order valence-corrected chi connectivity index (χ3v) is 13.1. The summed E-state index contributed by atoms with van der Waals surface area (Å²) in [5, 5.41) is 0. The van der Waals surface area contributed by atoms with E-state index in [4.69, 9.17) is 15.0 Å². The van der Waals surface area contributed by atoms with Crippen LogP contribution < -0.4 is 21.3 Å². The van der Waals surface area contributed by atoms with E-state index in [-0.39, 0.29) is 6.71 Å². The lowest BCUT2D eigenvalue weighted by atomic mass is 9.34. The third kappa shape index (κ3) is 8.79. The van der Waals surface area contributed by atoms with E-state index in [2.05, 4.69) is 247 Å². The molecule has 0 N–H and O–H groups in total. The van der Waals surface area contributed by atoms with Gasteiger partial charge in [-0.25, -0.2) is 4.98 Å². The first-order valence-electron chi connectivity index (χ1n) is 23.5. The number of nitrogens with zero attached hydrogens (tertiary/aromatic N) is 4. The molecule has 10 rings (SSSR count). The Bertz CT molecular complexity index is 3280. The molecule has 0 spiro atoms. The lowest BCUT2D eigenvalue weighted by Gasteiger charge is -2.28. The molecule has 0 aliphatic carbocycles. The molecule has 5 heteroatoms. The Balaban J connectivity index is 1.20. The highest BCUT2D eigenvalue weighted by Gasteiger charge is 2.30. The molecule has 0 saturated carbocycles. The van der Waals surface area contributed by atoms with Gasteiger partial charge in [-0.1, -0.05) is 244 Å². The maximum atomic E-state index is 5.49. The number of anilines is 3. The predicted octanol–water partition coefficient (Wildman–Crippen LogP) is 14.0. The lowest BCUT2D eigenvalue weighted by Crippen LogP contribution is -2.55. The summed E-state index contributed by atoms with van der Waals surface area (Å²) >= 11 is 0. The van der Waals surface area contributed by atoms with Crippen molar-refractivity contribution >= 4 is 40.4 Å². The largest absolute Gasteiger partial charge is 0.278 e. The van der Waals surface area contributed by atoms with Gasteiger partial charge in [0.05, 0.1) is 5.69 Å². The zero-order valence-corrected chi connectivity index (χ0v) is 39.6. The fourth-order valence-corrected chi connectivity index (χ4v) is 10.2. The van der Waals surface area contributed by atoms with Crippen molar-refractivity contribution in [3.05, 3.63) is 246 Å². The van der Waals surface area contributed by atoms with Gasteiger partial charge < -0.3 is 0 Å². The smallest absolute Gasteiger partial charge is 0.242 e. The van der Waals surface area contributed by atoms with Crippen LogP contribution in [0, 0.1) is 41.5 Å². The van der Waals surface area contributed by atoms with Gasteiger partial charge in [0.2, 0.25) is 12.7 Å². The summed E-state index contributed by atoms with van der Waals surface area (Å²) in [6.07, 6.45) is 0. The molecule has 10 aromatic rings. The summed E-state index contributed by atoms with van der Waals surface area (Å²) in [4.78, 5) is 18.5. The quantitative estimate of drug-likeness (QED) is 0.121. The minimum Gasteiger partial charge on any atom is -0.278 e. The van der Waals surface area contributed by atoms with E-state index in [0.29, 0.717) is 17.6 Å². The van der Waals surface area contributed by atoms with Gasteiger partial charge in [-0.15, -0.1) is 0 Å².